The Morgan fingerprint density at radius 3 is 1.60 bits per heavy atom. The Bertz CT molecular complexity index is 2970. The van der Waals surface area contributed by atoms with Crippen molar-refractivity contribution in [2.24, 2.45) is 0 Å². The third kappa shape index (κ3) is 4.99. The van der Waals surface area contributed by atoms with Gasteiger partial charge in [0.1, 0.15) is 0 Å². The molecule has 1 nitrogen and oxygen atoms in total. The van der Waals surface area contributed by atoms with Crippen molar-refractivity contribution in [3.63, 3.8) is 0 Å². The number of para-hydroxylation sites is 1. The van der Waals surface area contributed by atoms with E-state index in [0.717, 1.165) is 17.1 Å². The van der Waals surface area contributed by atoms with Crippen molar-refractivity contribution >= 4 is 59.3 Å². The molecule has 0 fully saturated rings. The Morgan fingerprint density at radius 2 is 0.891 bits per heavy atom. The lowest BCUT2D eigenvalue weighted by molar-refractivity contribution is 0.768. The molecule has 10 aromatic rings. The fourth-order valence-corrected chi connectivity index (χ4v) is 10.2. The van der Waals surface area contributed by atoms with Crippen LogP contribution >= 0.6 is 11.3 Å². The van der Waals surface area contributed by atoms with Crippen LogP contribution in [0, 0.1) is 0 Å². The standard InChI is InChI=1S/C53H35NS/c1-3-13-40(14-4-1)53(49-20-10-7-17-45(49)46-18-8-11-21-50(46)53)41-27-31-44(32-28-41)54(42-15-5-2-6-16-42)43-29-25-36(26-30-43)37-23-24-38-34-48-47-19-9-12-22-51(47)55-52(48)35-39(38)33-37/h1-35H. The largest absolute Gasteiger partial charge is 0.311 e. The van der Waals surface area contributed by atoms with E-state index in [9.17, 15) is 0 Å². The summed E-state index contributed by atoms with van der Waals surface area (Å²) in [6, 6.07) is 78.1. The highest BCUT2D eigenvalue weighted by Gasteiger charge is 2.45. The zero-order valence-electron chi connectivity index (χ0n) is 30.1. The predicted molar refractivity (Wildman–Crippen MR) is 234 cm³/mol. The Hall–Kier alpha value is -6.74. The van der Waals surface area contributed by atoms with E-state index >= 15 is 0 Å². The first-order chi connectivity index (χ1) is 27.3. The fraction of sp³-hybridized carbons (Fsp3) is 0.0189. The van der Waals surface area contributed by atoms with Gasteiger partial charge in [-0.1, -0.05) is 152 Å². The van der Waals surface area contributed by atoms with E-state index in [1.165, 1.54) is 75.5 Å². The van der Waals surface area contributed by atoms with E-state index in [4.69, 9.17) is 0 Å². The Kier molecular flexibility index (Phi) is 7.33. The summed E-state index contributed by atoms with van der Waals surface area (Å²) < 4.78 is 2.67. The number of rotatable bonds is 6. The summed E-state index contributed by atoms with van der Waals surface area (Å²) in [6.45, 7) is 0. The monoisotopic (exact) mass is 717 g/mol. The van der Waals surface area contributed by atoms with Crippen LogP contribution in [0.3, 0.4) is 0 Å². The van der Waals surface area contributed by atoms with E-state index in [1.807, 2.05) is 11.3 Å². The zero-order chi connectivity index (χ0) is 36.3. The first-order valence-electron chi connectivity index (χ1n) is 18.9. The van der Waals surface area contributed by atoms with Gasteiger partial charge in [0, 0.05) is 37.2 Å². The second-order valence-electron chi connectivity index (χ2n) is 14.5. The van der Waals surface area contributed by atoms with Gasteiger partial charge in [-0.15, -0.1) is 11.3 Å². The summed E-state index contributed by atoms with van der Waals surface area (Å²) in [5.41, 5.74) is 13.1. The van der Waals surface area contributed by atoms with Crippen LogP contribution in [0.15, 0.2) is 212 Å². The van der Waals surface area contributed by atoms with Crippen molar-refractivity contribution in [3.8, 4) is 22.3 Å². The Balaban J connectivity index is 0.991. The van der Waals surface area contributed by atoms with Gasteiger partial charge in [0.2, 0.25) is 0 Å². The van der Waals surface area contributed by atoms with Crippen molar-refractivity contribution in [2.75, 3.05) is 4.90 Å². The first kappa shape index (κ1) is 31.8. The van der Waals surface area contributed by atoms with Crippen LogP contribution in [0.2, 0.25) is 0 Å². The number of fused-ring (bicyclic) bond motifs is 7. The van der Waals surface area contributed by atoms with E-state index in [-0.39, 0.29) is 0 Å². The third-order valence-electron chi connectivity index (χ3n) is 11.5. The molecule has 0 atom stereocenters. The van der Waals surface area contributed by atoms with E-state index in [2.05, 4.69) is 217 Å². The zero-order valence-corrected chi connectivity index (χ0v) is 30.9. The Labute approximate surface area is 325 Å². The molecule has 0 N–H and O–H groups in total. The average Bonchev–Trinajstić information content (AvgIpc) is 3.77. The van der Waals surface area contributed by atoms with Gasteiger partial charge in [-0.25, -0.2) is 0 Å². The topological polar surface area (TPSA) is 3.24 Å². The maximum Gasteiger partial charge on any atom is 0.0713 e. The van der Waals surface area contributed by atoms with Crippen LogP contribution in [0.25, 0.3) is 53.2 Å². The summed E-state index contributed by atoms with van der Waals surface area (Å²) in [5.74, 6) is 0. The molecule has 1 aromatic heterocycles. The third-order valence-corrected chi connectivity index (χ3v) is 12.7. The number of benzene rings is 9. The molecule has 0 saturated carbocycles. The molecule has 0 bridgehead atoms. The van der Waals surface area contributed by atoms with Gasteiger partial charge in [0.15, 0.2) is 0 Å². The van der Waals surface area contributed by atoms with Gasteiger partial charge >= 0.3 is 0 Å². The molecule has 0 spiro atoms. The molecule has 2 heteroatoms. The molecule has 9 aromatic carbocycles. The van der Waals surface area contributed by atoms with Gasteiger partial charge < -0.3 is 4.90 Å². The van der Waals surface area contributed by atoms with Crippen LogP contribution in [0.1, 0.15) is 22.3 Å². The fourth-order valence-electron chi connectivity index (χ4n) is 9.05. The highest BCUT2D eigenvalue weighted by molar-refractivity contribution is 7.25. The van der Waals surface area contributed by atoms with Gasteiger partial charge in [-0.2, -0.15) is 0 Å². The molecule has 0 saturated heterocycles. The summed E-state index contributed by atoms with van der Waals surface area (Å²) in [7, 11) is 0. The number of hydrogen-bond donors (Lipinski definition) is 0. The summed E-state index contributed by atoms with van der Waals surface area (Å²) >= 11 is 1.87. The molecule has 0 radical (unpaired) electrons. The van der Waals surface area contributed by atoms with E-state index in [0.29, 0.717) is 0 Å². The van der Waals surface area contributed by atoms with Crippen molar-refractivity contribution in [3.05, 3.63) is 235 Å². The van der Waals surface area contributed by atoms with Crippen LogP contribution in [0.4, 0.5) is 17.1 Å². The second kappa shape index (κ2) is 12.7. The molecule has 1 heterocycles. The van der Waals surface area contributed by atoms with E-state index < -0.39 is 5.41 Å². The molecule has 258 valence electrons. The Morgan fingerprint density at radius 1 is 0.345 bits per heavy atom. The van der Waals surface area contributed by atoms with Gasteiger partial charge in [0.05, 0.1) is 5.41 Å². The summed E-state index contributed by atoms with van der Waals surface area (Å²) in [6.07, 6.45) is 0. The van der Waals surface area contributed by atoms with Crippen LogP contribution in [-0.4, -0.2) is 0 Å². The highest BCUT2D eigenvalue weighted by atomic mass is 32.1. The van der Waals surface area contributed by atoms with Gasteiger partial charge in [0.25, 0.3) is 0 Å². The molecule has 0 amide bonds. The van der Waals surface area contributed by atoms with Crippen LogP contribution in [-0.2, 0) is 5.41 Å². The maximum atomic E-state index is 2.36. The lowest BCUT2D eigenvalue weighted by Crippen LogP contribution is -2.28. The van der Waals surface area contributed by atoms with Crippen LogP contribution in [0.5, 0.6) is 0 Å². The van der Waals surface area contributed by atoms with Gasteiger partial charge in [-0.3, -0.25) is 0 Å². The summed E-state index contributed by atoms with van der Waals surface area (Å²) in [5, 5.41) is 5.22. The van der Waals surface area contributed by atoms with Crippen molar-refractivity contribution in [1.82, 2.24) is 0 Å². The lowest BCUT2D eigenvalue weighted by Gasteiger charge is -2.34. The van der Waals surface area contributed by atoms with Crippen molar-refractivity contribution in [2.45, 2.75) is 5.41 Å². The second-order valence-corrected chi connectivity index (χ2v) is 15.6. The molecule has 55 heavy (non-hydrogen) atoms. The number of hydrogen-bond acceptors (Lipinski definition) is 2. The molecule has 1 aliphatic rings. The molecular weight excluding hydrogens is 683 g/mol. The molecular formula is C53H35NS. The molecule has 1 aliphatic carbocycles. The average molecular weight is 718 g/mol. The lowest BCUT2D eigenvalue weighted by atomic mass is 9.68. The molecule has 11 rings (SSSR count). The van der Waals surface area contributed by atoms with Crippen molar-refractivity contribution in [1.29, 1.82) is 0 Å². The predicted octanol–water partition coefficient (Wildman–Crippen LogP) is 14.7. The minimum Gasteiger partial charge on any atom is -0.311 e. The number of nitrogens with zero attached hydrogens (tertiary/aromatic N) is 1. The molecule has 0 aliphatic heterocycles. The maximum absolute atomic E-state index is 2.36. The normalized spacial score (nSPS) is 12.9. The molecule has 0 unspecified atom stereocenters. The number of thiophene rings is 1. The van der Waals surface area contributed by atoms with Crippen LogP contribution < -0.4 is 4.90 Å². The highest BCUT2D eigenvalue weighted by Crippen LogP contribution is 2.56. The first-order valence-corrected chi connectivity index (χ1v) is 19.7. The SMILES string of the molecule is c1ccc(N(c2ccc(-c3ccc4cc5c(cc4c3)sc3ccccc35)cc2)c2ccc(C3(c4ccccc4)c4ccccc4-c4ccccc43)cc2)cc1. The van der Waals surface area contributed by atoms with E-state index in [1.54, 1.807) is 0 Å². The number of anilines is 3. The summed E-state index contributed by atoms with van der Waals surface area (Å²) in [4.78, 5) is 2.36. The minimum absolute atomic E-state index is 0.422. The van der Waals surface area contributed by atoms with Gasteiger partial charge in [-0.05, 0) is 116 Å². The van der Waals surface area contributed by atoms with Crippen molar-refractivity contribution < 1.29 is 0 Å². The minimum atomic E-state index is -0.422. The quantitative estimate of drug-likeness (QED) is 0.166. The smallest absolute Gasteiger partial charge is 0.0713 e.